The van der Waals surface area contributed by atoms with Crippen LogP contribution in [0, 0.1) is 0 Å². The molecule has 1 amide bonds. The quantitative estimate of drug-likeness (QED) is 0.569. The molecule has 0 aliphatic carbocycles. The summed E-state index contributed by atoms with van der Waals surface area (Å²) in [6, 6.07) is 7.33. The Labute approximate surface area is 184 Å². The van der Waals surface area contributed by atoms with Crippen molar-refractivity contribution in [2.24, 2.45) is 7.05 Å². The first-order valence-corrected chi connectivity index (χ1v) is 10.5. The van der Waals surface area contributed by atoms with Crippen LogP contribution in [0.4, 0.5) is 5.13 Å². The van der Waals surface area contributed by atoms with Crippen LogP contribution in [0.1, 0.15) is 16.9 Å². The molecule has 1 fully saturated rings. The molecule has 10 heteroatoms. The minimum atomic E-state index is -0.0906. The summed E-state index contributed by atoms with van der Waals surface area (Å²) >= 11 is 7.60. The van der Waals surface area contributed by atoms with Gasteiger partial charge in [-0.15, -0.1) is 12.4 Å². The lowest BCUT2D eigenvalue weighted by Crippen LogP contribution is -2.39. The van der Waals surface area contributed by atoms with Crippen LogP contribution in [0.15, 0.2) is 30.5 Å². The lowest BCUT2D eigenvalue weighted by molar-refractivity contribution is 0.0376. The second kappa shape index (κ2) is 9.86. The van der Waals surface area contributed by atoms with E-state index >= 15 is 0 Å². The zero-order valence-electron chi connectivity index (χ0n) is 16.1. The van der Waals surface area contributed by atoms with Crippen LogP contribution in [0.2, 0.25) is 5.02 Å². The Hall–Kier alpha value is -1.71. The summed E-state index contributed by atoms with van der Waals surface area (Å²) in [6.45, 7) is 4.95. The van der Waals surface area contributed by atoms with Crippen molar-refractivity contribution in [1.29, 1.82) is 0 Å². The number of morpholine rings is 1. The van der Waals surface area contributed by atoms with Gasteiger partial charge in [-0.1, -0.05) is 22.9 Å². The second-order valence-electron chi connectivity index (χ2n) is 6.71. The molecule has 156 valence electrons. The number of aromatic nitrogens is 3. The van der Waals surface area contributed by atoms with Crippen LogP contribution >= 0.6 is 35.3 Å². The SMILES string of the molecule is Cl.Cn1nccc1C(=O)N(CCCN1CCOCC1)c1nc2ccc(Cl)cc2s1. The molecule has 3 aromatic rings. The van der Waals surface area contributed by atoms with E-state index in [0.717, 1.165) is 49.5 Å². The first-order chi connectivity index (χ1) is 13.6. The second-order valence-corrected chi connectivity index (χ2v) is 8.16. The van der Waals surface area contributed by atoms with Gasteiger partial charge in [-0.3, -0.25) is 19.3 Å². The predicted molar refractivity (Wildman–Crippen MR) is 119 cm³/mol. The van der Waals surface area contributed by atoms with Crippen molar-refractivity contribution < 1.29 is 9.53 Å². The van der Waals surface area contributed by atoms with Crippen molar-refractivity contribution in [3.63, 3.8) is 0 Å². The highest BCUT2D eigenvalue weighted by molar-refractivity contribution is 7.22. The van der Waals surface area contributed by atoms with E-state index in [9.17, 15) is 4.79 Å². The topological polar surface area (TPSA) is 63.5 Å². The molecule has 0 bridgehead atoms. The molecule has 0 N–H and O–H groups in total. The average Bonchev–Trinajstić information content (AvgIpc) is 3.31. The number of hydrogen-bond donors (Lipinski definition) is 0. The highest BCUT2D eigenvalue weighted by atomic mass is 35.5. The maximum atomic E-state index is 13.2. The number of aryl methyl sites for hydroxylation is 1. The summed E-state index contributed by atoms with van der Waals surface area (Å²) < 4.78 is 7.97. The molecule has 0 radical (unpaired) electrons. The van der Waals surface area contributed by atoms with Crippen molar-refractivity contribution in [1.82, 2.24) is 19.7 Å². The van der Waals surface area contributed by atoms with E-state index in [0.29, 0.717) is 22.4 Å². The average molecular weight is 456 g/mol. The third kappa shape index (κ3) is 5.07. The molecule has 4 rings (SSSR count). The largest absolute Gasteiger partial charge is 0.379 e. The van der Waals surface area contributed by atoms with Gasteiger partial charge in [0.2, 0.25) is 0 Å². The number of thiazole rings is 1. The molecule has 1 aromatic carbocycles. The van der Waals surface area contributed by atoms with E-state index in [1.807, 2.05) is 18.2 Å². The summed E-state index contributed by atoms with van der Waals surface area (Å²) in [7, 11) is 1.78. The third-order valence-corrected chi connectivity index (χ3v) is 6.09. The highest BCUT2D eigenvalue weighted by Gasteiger charge is 2.24. The molecule has 1 saturated heterocycles. The Morgan fingerprint density at radius 1 is 1.31 bits per heavy atom. The molecule has 7 nitrogen and oxygen atoms in total. The minimum Gasteiger partial charge on any atom is -0.379 e. The minimum absolute atomic E-state index is 0. The Bertz CT molecular complexity index is 971. The molecule has 0 saturated carbocycles. The maximum Gasteiger partial charge on any atom is 0.278 e. The van der Waals surface area contributed by atoms with E-state index < -0.39 is 0 Å². The lowest BCUT2D eigenvalue weighted by atomic mass is 10.3. The van der Waals surface area contributed by atoms with Crippen LogP contribution < -0.4 is 4.90 Å². The van der Waals surface area contributed by atoms with Gasteiger partial charge < -0.3 is 4.74 Å². The number of carbonyl (C=O) groups excluding carboxylic acids is 1. The van der Waals surface area contributed by atoms with Crippen LogP contribution in [-0.4, -0.2) is 65.0 Å². The summed E-state index contributed by atoms with van der Waals surface area (Å²) in [5.74, 6) is -0.0906. The number of halogens is 2. The van der Waals surface area contributed by atoms with Crippen molar-refractivity contribution in [3.8, 4) is 0 Å². The molecule has 29 heavy (non-hydrogen) atoms. The maximum absolute atomic E-state index is 13.2. The van der Waals surface area contributed by atoms with Crippen LogP contribution in [0.5, 0.6) is 0 Å². The van der Waals surface area contributed by atoms with E-state index in [2.05, 4.69) is 15.0 Å². The summed E-state index contributed by atoms with van der Waals surface area (Å²) in [4.78, 5) is 22.0. The first kappa shape index (κ1) is 22.0. The summed E-state index contributed by atoms with van der Waals surface area (Å²) in [6.07, 6.45) is 2.50. The number of fused-ring (bicyclic) bond motifs is 1. The normalized spacial score (nSPS) is 14.7. The molecule has 1 aliphatic rings. The number of amides is 1. The lowest BCUT2D eigenvalue weighted by Gasteiger charge is -2.27. The van der Waals surface area contributed by atoms with Gasteiger partial charge >= 0.3 is 0 Å². The van der Waals surface area contributed by atoms with Crippen molar-refractivity contribution in [2.75, 3.05) is 44.3 Å². The zero-order valence-corrected chi connectivity index (χ0v) is 18.5. The molecule has 0 atom stereocenters. The predicted octanol–water partition coefficient (Wildman–Crippen LogP) is 3.47. The van der Waals surface area contributed by atoms with Gasteiger partial charge in [-0.05, 0) is 30.7 Å². The van der Waals surface area contributed by atoms with Gasteiger partial charge in [-0.2, -0.15) is 5.10 Å². The highest BCUT2D eigenvalue weighted by Crippen LogP contribution is 2.31. The fourth-order valence-corrected chi connectivity index (χ4v) is 4.55. The number of rotatable bonds is 6. The fraction of sp³-hybridized carbons (Fsp3) is 0.421. The zero-order chi connectivity index (χ0) is 19.5. The van der Waals surface area contributed by atoms with Crippen molar-refractivity contribution >= 4 is 56.6 Å². The third-order valence-electron chi connectivity index (χ3n) is 4.82. The smallest absolute Gasteiger partial charge is 0.278 e. The van der Waals surface area contributed by atoms with Crippen LogP contribution in [-0.2, 0) is 11.8 Å². The summed E-state index contributed by atoms with van der Waals surface area (Å²) in [5.41, 5.74) is 1.39. The van der Waals surface area contributed by atoms with Gasteiger partial charge in [0.05, 0.1) is 23.4 Å². The monoisotopic (exact) mass is 455 g/mol. The van der Waals surface area contributed by atoms with E-state index in [4.69, 9.17) is 16.3 Å². The van der Waals surface area contributed by atoms with Crippen LogP contribution in [0.3, 0.4) is 0 Å². The number of nitrogens with zero attached hydrogens (tertiary/aromatic N) is 5. The van der Waals surface area contributed by atoms with Crippen LogP contribution in [0.25, 0.3) is 10.2 Å². The van der Waals surface area contributed by atoms with Gasteiger partial charge in [0.15, 0.2) is 5.13 Å². The number of benzene rings is 1. The molecule has 0 unspecified atom stereocenters. The van der Waals surface area contributed by atoms with Gasteiger partial charge in [0.25, 0.3) is 5.91 Å². The molecular weight excluding hydrogens is 433 g/mol. The number of carbonyl (C=O) groups is 1. The Morgan fingerprint density at radius 3 is 2.83 bits per heavy atom. The van der Waals surface area contributed by atoms with Gasteiger partial charge in [-0.25, -0.2) is 4.98 Å². The number of hydrogen-bond acceptors (Lipinski definition) is 6. The molecular formula is C19H23Cl2N5O2S. The molecule has 3 heterocycles. The summed E-state index contributed by atoms with van der Waals surface area (Å²) in [5, 5.41) is 5.49. The van der Waals surface area contributed by atoms with Gasteiger partial charge in [0, 0.05) is 44.4 Å². The Kier molecular flexibility index (Phi) is 7.48. The van der Waals surface area contributed by atoms with Crippen molar-refractivity contribution in [3.05, 3.63) is 41.2 Å². The molecule has 2 aromatic heterocycles. The molecule has 1 aliphatic heterocycles. The van der Waals surface area contributed by atoms with E-state index in [1.54, 1.807) is 28.9 Å². The van der Waals surface area contributed by atoms with E-state index in [1.165, 1.54) is 11.3 Å². The van der Waals surface area contributed by atoms with E-state index in [-0.39, 0.29) is 18.3 Å². The van der Waals surface area contributed by atoms with Gasteiger partial charge in [0.1, 0.15) is 5.69 Å². The number of anilines is 1. The first-order valence-electron chi connectivity index (χ1n) is 9.28. The van der Waals surface area contributed by atoms with Crippen molar-refractivity contribution in [2.45, 2.75) is 6.42 Å². The fourth-order valence-electron chi connectivity index (χ4n) is 3.28. The standard InChI is InChI=1S/C19H22ClN5O2S.ClH/c1-23-16(5-6-21-23)18(26)25(8-2-7-24-9-11-27-12-10-24)19-22-15-4-3-14(20)13-17(15)28-19;/h3-6,13H,2,7-12H2,1H3;1H. The Morgan fingerprint density at radius 2 is 2.10 bits per heavy atom. The number of ether oxygens (including phenoxy) is 1. The Balaban J connectivity index is 0.00000240. The molecule has 0 spiro atoms.